The Balaban J connectivity index is 1.58. The average Bonchev–Trinajstić information content (AvgIpc) is 3.11. The Morgan fingerprint density at radius 3 is 2.79 bits per heavy atom. The Bertz CT molecular complexity index is 910. The van der Waals surface area contributed by atoms with Crippen LogP contribution in [0.15, 0.2) is 58.7 Å². The van der Waals surface area contributed by atoms with E-state index in [9.17, 15) is 9.59 Å². The number of carbonyl (C=O) groups excluding carboxylic acids is 2. The molecule has 0 radical (unpaired) electrons. The van der Waals surface area contributed by atoms with Crippen molar-refractivity contribution in [2.24, 2.45) is 10.2 Å². The minimum atomic E-state index is -0.347. The number of methoxy groups -OCH3 is 1. The summed E-state index contributed by atoms with van der Waals surface area (Å²) in [6.45, 7) is 0.406. The smallest absolute Gasteiger partial charge is 0.245 e. The first-order valence-electron chi connectivity index (χ1n) is 8.65. The summed E-state index contributed by atoms with van der Waals surface area (Å²) in [5.41, 5.74) is 6.98. The number of nitrogens with zero attached hydrogens (tertiary/aromatic N) is 2. The van der Waals surface area contributed by atoms with Gasteiger partial charge in [-0.25, -0.2) is 10.9 Å². The molecule has 2 aromatic rings. The molecule has 0 fully saturated rings. The lowest BCUT2D eigenvalue weighted by Gasteiger charge is -2.11. The summed E-state index contributed by atoms with van der Waals surface area (Å²) in [7, 11) is 1.57. The summed E-state index contributed by atoms with van der Waals surface area (Å²) < 4.78 is 11.2. The van der Waals surface area contributed by atoms with Crippen LogP contribution in [0.1, 0.15) is 24.0 Å². The van der Waals surface area contributed by atoms with Crippen LogP contribution in [-0.4, -0.2) is 30.9 Å². The van der Waals surface area contributed by atoms with Crippen molar-refractivity contribution in [1.82, 2.24) is 10.9 Å². The van der Waals surface area contributed by atoms with E-state index in [2.05, 4.69) is 21.1 Å². The molecule has 1 aliphatic heterocycles. The highest BCUT2D eigenvalue weighted by atomic mass is 16.5. The van der Waals surface area contributed by atoms with Gasteiger partial charge in [0, 0.05) is 0 Å². The standard InChI is InChI=1S/C20H20N4O4/c1-27-17-8-7-15(9-18(17)28-13-14-5-3-2-4-6-14)12-21-23-19(25)10-16-11-20(26)24-22-16/h2-9,12H,10-11,13H2,1H3,(H,23,25)(H,24,26)/b21-12-. The van der Waals surface area contributed by atoms with E-state index in [1.807, 2.05) is 30.3 Å². The van der Waals surface area contributed by atoms with Crippen LogP contribution in [0.5, 0.6) is 11.5 Å². The number of rotatable bonds is 8. The van der Waals surface area contributed by atoms with E-state index in [4.69, 9.17) is 9.47 Å². The molecule has 1 aliphatic rings. The fourth-order valence-electron chi connectivity index (χ4n) is 2.53. The summed E-state index contributed by atoms with van der Waals surface area (Å²) in [4.78, 5) is 22.9. The molecule has 0 saturated carbocycles. The van der Waals surface area contributed by atoms with Gasteiger partial charge in [0.25, 0.3) is 0 Å². The second kappa shape index (κ2) is 9.31. The highest BCUT2D eigenvalue weighted by molar-refractivity contribution is 6.11. The van der Waals surface area contributed by atoms with Crippen LogP contribution in [0.2, 0.25) is 0 Å². The number of amides is 2. The molecular weight excluding hydrogens is 360 g/mol. The first-order valence-corrected chi connectivity index (χ1v) is 8.65. The van der Waals surface area contributed by atoms with Crippen molar-refractivity contribution in [3.05, 3.63) is 59.7 Å². The van der Waals surface area contributed by atoms with E-state index in [1.54, 1.807) is 25.3 Å². The highest BCUT2D eigenvalue weighted by Crippen LogP contribution is 2.28. The monoisotopic (exact) mass is 380 g/mol. The zero-order chi connectivity index (χ0) is 19.8. The zero-order valence-electron chi connectivity index (χ0n) is 15.3. The lowest BCUT2D eigenvalue weighted by atomic mass is 10.2. The maximum Gasteiger partial charge on any atom is 0.245 e. The molecule has 1 heterocycles. The SMILES string of the molecule is COc1ccc(/C=N\NC(=O)CC2=NNC(=O)C2)cc1OCc1ccccc1. The molecule has 0 aromatic heterocycles. The van der Waals surface area contributed by atoms with E-state index in [0.29, 0.717) is 23.8 Å². The molecule has 0 saturated heterocycles. The van der Waals surface area contributed by atoms with Gasteiger partial charge in [-0.3, -0.25) is 9.59 Å². The summed E-state index contributed by atoms with van der Waals surface area (Å²) in [5, 5.41) is 7.71. The highest BCUT2D eigenvalue weighted by Gasteiger charge is 2.17. The van der Waals surface area contributed by atoms with Gasteiger partial charge >= 0.3 is 0 Å². The Morgan fingerprint density at radius 1 is 1.25 bits per heavy atom. The Kier molecular flexibility index (Phi) is 6.35. The van der Waals surface area contributed by atoms with Crippen LogP contribution in [0.4, 0.5) is 0 Å². The topological polar surface area (TPSA) is 101 Å². The molecule has 144 valence electrons. The number of hydrogen-bond donors (Lipinski definition) is 2. The van der Waals surface area contributed by atoms with Gasteiger partial charge in [-0.15, -0.1) is 0 Å². The lowest BCUT2D eigenvalue weighted by Crippen LogP contribution is -2.20. The van der Waals surface area contributed by atoms with Crippen LogP contribution < -0.4 is 20.3 Å². The van der Waals surface area contributed by atoms with E-state index in [-0.39, 0.29) is 24.7 Å². The van der Waals surface area contributed by atoms with Gasteiger partial charge in [-0.2, -0.15) is 10.2 Å². The van der Waals surface area contributed by atoms with Crippen LogP contribution in [0.25, 0.3) is 0 Å². The maximum absolute atomic E-state index is 11.8. The summed E-state index contributed by atoms with van der Waals surface area (Å²) in [5.74, 6) is 0.619. The Labute approximate surface area is 162 Å². The minimum Gasteiger partial charge on any atom is -0.493 e. The first kappa shape index (κ1) is 19.1. The van der Waals surface area contributed by atoms with Crippen molar-refractivity contribution >= 4 is 23.7 Å². The van der Waals surface area contributed by atoms with Gasteiger partial charge in [0.2, 0.25) is 11.8 Å². The number of hydrazone groups is 2. The first-order chi connectivity index (χ1) is 13.6. The molecular formula is C20H20N4O4. The summed E-state index contributed by atoms with van der Waals surface area (Å²) in [6.07, 6.45) is 1.66. The normalized spacial score (nSPS) is 13.2. The van der Waals surface area contributed by atoms with E-state index >= 15 is 0 Å². The summed E-state index contributed by atoms with van der Waals surface area (Å²) >= 11 is 0. The minimum absolute atomic E-state index is 0.0180. The second-order valence-corrected chi connectivity index (χ2v) is 6.04. The zero-order valence-corrected chi connectivity index (χ0v) is 15.3. The van der Waals surface area contributed by atoms with Gasteiger partial charge in [0.05, 0.1) is 31.9 Å². The van der Waals surface area contributed by atoms with Crippen LogP contribution in [0.3, 0.4) is 0 Å². The predicted molar refractivity (Wildman–Crippen MR) is 104 cm³/mol. The quantitative estimate of drug-likeness (QED) is 0.540. The van der Waals surface area contributed by atoms with Gasteiger partial charge in [0.15, 0.2) is 11.5 Å². The number of benzene rings is 2. The fraction of sp³-hybridized carbons (Fsp3) is 0.200. The molecule has 28 heavy (non-hydrogen) atoms. The third-order valence-electron chi connectivity index (χ3n) is 3.90. The molecule has 2 N–H and O–H groups in total. The van der Waals surface area contributed by atoms with Crippen molar-refractivity contribution in [3.63, 3.8) is 0 Å². The van der Waals surface area contributed by atoms with Gasteiger partial charge in [0.1, 0.15) is 6.61 Å². The lowest BCUT2D eigenvalue weighted by molar-refractivity contribution is -0.119. The third-order valence-corrected chi connectivity index (χ3v) is 3.90. The van der Waals surface area contributed by atoms with Crippen LogP contribution >= 0.6 is 0 Å². The number of hydrogen-bond acceptors (Lipinski definition) is 6. The molecule has 0 aliphatic carbocycles. The summed E-state index contributed by atoms with van der Waals surface area (Å²) in [6, 6.07) is 15.2. The van der Waals surface area contributed by atoms with Crippen molar-refractivity contribution in [1.29, 1.82) is 0 Å². The van der Waals surface area contributed by atoms with Gasteiger partial charge in [-0.05, 0) is 29.3 Å². The number of nitrogens with one attached hydrogen (secondary N) is 2. The van der Waals surface area contributed by atoms with Crippen LogP contribution in [0, 0.1) is 0 Å². The van der Waals surface area contributed by atoms with Gasteiger partial charge in [-0.1, -0.05) is 30.3 Å². The van der Waals surface area contributed by atoms with E-state index in [1.165, 1.54) is 6.21 Å². The van der Waals surface area contributed by atoms with Crippen LogP contribution in [-0.2, 0) is 16.2 Å². The molecule has 8 heteroatoms. The largest absolute Gasteiger partial charge is 0.493 e. The molecule has 0 bridgehead atoms. The van der Waals surface area contributed by atoms with Crippen molar-refractivity contribution in [3.8, 4) is 11.5 Å². The number of ether oxygens (including phenoxy) is 2. The number of carbonyl (C=O) groups is 2. The van der Waals surface area contributed by atoms with E-state index in [0.717, 1.165) is 11.1 Å². The second-order valence-electron chi connectivity index (χ2n) is 6.04. The maximum atomic E-state index is 11.8. The average molecular weight is 380 g/mol. The molecule has 2 aromatic carbocycles. The van der Waals surface area contributed by atoms with Crippen molar-refractivity contribution in [2.75, 3.05) is 7.11 Å². The molecule has 2 amide bonds. The van der Waals surface area contributed by atoms with Crippen molar-refractivity contribution < 1.29 is 19.1 Å². The fourth-order valence-corrected chi connectivity index (χ4v) is 2.53. The van der Waals surface area contributed by atoms with E-state index < -0.39 is 0 Å². The Hall–Kier alpha value is -3.68. The Morgan fingerprint density at radius 2 is 2.07 bits per heavy atom. The molecule has 3 rings (SSSR count). The van der Waals surface area contributed by atoms with Gasteiger partial charge < -0.3 is 9.47 Å². The molecule has 8 nitrogen and oxygen atoms in total. The molecule has 0 unspecified atom stereocenters. The predicted octanol–water partition coefficient (Wildman–Crippen LogP) is 1.99. The molecule has 0 atom stereocenters. The van der Waals surface area contributed by atoms with Crippen molar-refractivity contribution in [2.45, 2.75) is 19.4 Å². The molecule has 0 spiro atoms. The third kappa shape index (κ3) is 5.41.